The molecule has 0 radical (unpaired) electrons. The lowest BCUT2D eigenvalue weighted by Gasteiger charge is -2.05. The predicted octanol–water partition coefficient (Wildman–Crippen LogP) is 3.86. The van der Waals surface area contributed by atoms with Crippen LogP contribution in [0.15, 0.2) is 56.1 Å². The van der Waals surface area contributed by atoms with Crippen LogP contribution in [0.4, 0.5) is 0 Å². The SMILES string of the molecule is CC1=C(Sc2ccccc2)[C@@H](C)N=N1. The van der Waals surface area contributed by atoms with Crippen LogP contribution < -0.4 is 0 Å². The molecule has 3 heteroatoms. The summed E-state index contributed by atoms with van der Waals surface area (Å²) in [4.78, 5) is 2.51. The number of thioether (sulfide) groups is 1. The van der Waals surface area contributed by atoms with Crippen molar-refractivity contribution in [3.05, 3.63) is 40.9 Å². The van der Waals surface area contributed by atoms with Gasteiger partial charge in [-0.2, -0.15) is 10.2 Å². The molecule has 0 aliphatic carbocycles. The predicted molar refractivity (Wildman–Crippen MR) is 59.3 cm³/mol. The summed E-state index contributed by atoms with van der Waals surface area (Å²) in [5.74, 6) is 0. The van der Waals surface area contributed by atoms with Gasteiger partial charge in [-0.05, 0) is 26.0 Å². The van der Waals surface area contributed by atoms with E-state index in [2.05, 4.69) is 29.3 Å². The average Bonchev–Trinajstić information content (AvgIpc) is 2.51. The highest BCUT2D eigenvalue weighted by molar-refractivity contribution is 8.03. The van der Waals surface area contributed by atoms with Crippen molar-refractivity contribution in [2.75, 3.05) is 0 Å². The first-order valence-corrected chi connectivity index (χ1v) is 5.43. The zero-order valence-corrected chi connectivity index (χ0v) is 9.08. The first kappa shape index (κ1) is 9.46. The highest BCUT2D eigenvalue weighted by Gasteiger charge is 2.17. The fraction of sp³-hybridized carbons (Fsp3) is 0.273. The summed E-state index contributed by atoms with van der Waals surface area (Å²) < 4.78 is 0. The van der Waals surface area contributed by atoms with E-state index in [0.717, 1.165) is 5.70 Å². The van der Waals surface area contributed by atoms with Crippen LogP contribution in [-0.4, -0.2) is 6.04 Å². The van der Waals surface area contributed by atoms with Crippen LogP contribution in [0, 0.1) is 0 Å². The van der Waals surface area contributed by atoms with Crippen molar-refractivity contribution in [2.45, 2.75) is 24.8 Å². The van der Waals surface area contributed by atoms with Crippen LogP contribution in [0.5, 0.6) is 0 Å². The Bertz CT molecular complexity index is 382. The zero-order valence-electron chi connectivity index (χ0n) is 8.27. The molecule has 1 aromatic carbocycles. The standard InChI is InChI=1S/C11H12N2S/c1-8-11(9(2)13-12-8)14-10-6-4-3-5-7-10/h3-8H,1-2H3/t8-/m1/s1. The van der Waals surface area contributed by atoms with Crippen LogP contribution in [0.1, 0.15) is 13.8 Å². The van der Waals surface area contributed by atoms with Crippen LogP contribution in [0.25, 0.3) is 0 Å². The van der Waals surface area contributed by atoms with Gasteiger partial charge in [0.1, 0.15) is 6.04 Å². The fourth-order valence-corrected chi connectivity index (χ4v) is 2.31. The van der Waals surface area contributed by atoms with Gasteiger partial charge in [0.15, 0.2) is 0 Å². The topological polar surface area (TPSA) is 24.7 Å². The Hall–Kier alpha value is -1.09. The second kappa shape index (κ2) is 3.96. The summed E-state index contributed by atoms with van der Waals surface area (Å²) in [7, 11) is 0. The Morgan fingerprint density at radius 3 is 2.50 bits per heavy atom. The summed E-state index contributed by atoms with van der Waals surface area (Å²) in [5, 5.41) is 8.20. The van der Waals surface area contributed by atoms with Gasteiger partial charge < -0.3 is 0 Å². The molecule has 0 bridgehead atoms. The third-order valence-corrected chi connectivity index (χ3v) is 3.45. The van der Waals surface area contributed by atoms with Crippen LogP contribution in [0.2, 0.25) is 0 Å². The maximum atomic E-state index is 4.12. The minimum absolute atomic E-state index is 0.222. The van der Waals surface area contributed by atoms with E-state index < -0.39 is 0 Å². The second-order valence-electron chi connectivity index (χ2n) is 3.26. The number of benzene rings is 1. The molecule has 0 aromatic heterocycles. The van der Waals surface area contributed by atoms with Gasteiger partial charge in [0.2, 0.25) is 0 Å². The number of azo groups is 1. The fourth-order valence-electron chi connectivity index (χ4n) is 1.35. The molecule has 2 rings (SSSR count). The van der Waals surface area contributed by atoms with E-state index in [1.54, 1.807) is 11.8 Å². The van der Waals surface area contributed by atoms with Crippen molar-refractivity contribution >= 4 is 11.8 Å². The van der Waals surface area contributed by atoms with Crippen LogP contribution in [-0.2, 0) is 0 Å². The van der Waals surface area contributed by atoms with E-state index in [-0.39, 0.29) is 6.04 Å². The van der Waals surface area contributed by atoms with Crippen molar-refractivity contribution in [3.8, 4) is 0 Å². The molecule has 1 aliphatic heterocycles. The summed E-state index contributed by atoms with van der Waals surface area (Å²) in [6.45, 7) is 4.09. The van der Waals surface area contributed by atoms with Crippen molar-refractivity contribution in [2.24, 2.45) is 10.2 Å². The molecule has 0 fully saturated rings. The van der Waals surface area contributed by atoms with E-state index >= 15 is 0 Å². The molecule has 0 saturated heterocycles. The minimum Gasteiger partial charge on any atom is -0.180 e. The summed E-state index contributed by atoms with van der Waals surface area (Å²) in [5.41, 5.74) is 1.05. The van der Waals surface area contributed by atoms with Crippen molar-refractivity contribution in [1.29, 1.82) is 0 Å². The largest absolute Gasteiger partial charge is 0.180 e. The van der Waals surface area contributed by atoms with Gasteiger partial charge in [0.25, 0.3) is 0 Å². The second-order valence-corrected chi connectivity index (χ2v) is 4.37. The molecule has 14 heavy (non-hydrogen) atoms. The molecule has 0 N–H and O–H groups in total. The molecule has 72 valence electrons. The monoisotopic (exact) mass is 204 g/mol. The van der Waals surface area contributed by atoms with Crippen molar-refractivity contribution in [1.82, 2.24) is 0 Å². The van der Waals surface area contributed by atoms with Gasteiger partial charge in [-0.15, -0.1) is 0 Å². The normalized spacial score (nSPS) is 20.6. The molecule has 1 aliphatic rings. The highest BCUT2D eigenvalue weighted by Crippen LogP contribution is 2.36. The first-order chi connectivity index (χ1) is 6.77. The van der Waals surface area contributed by atoms with Crippen LogP contribution in [0.3, 0.4) is 0 Å². The van der Waals surface area contributed by atoms with Crippen LogP contribution >= 0.6 is 11.8 Å². The summed E-state index contributed by atoms with van der Waals surface area (Å²) in [6, 6.07) is 10.6. The molecule has 1 aromatic rings. The maximum absolute atomic E-state index is 4.12. The van der Waals surface area contributed by atoms with E-state index in [4.69, 9.17) is 0 Å². The summed E-state index contributed by atoms with van der Waals surface area (Å²) >= 11 is 1.76. The Morgan fingerprint density at radius 2 is 1.93 bits per heavy atom. The Morgan fingerprint density at radius 1 is 1.21 bits per heavy atom. The third kappa shape index (κ3) is 1.87. The van der Waals surface area contributed by atoms with E-state index in [1.165, 1.54) is 9.80 Å². The summed E-state index contributed by atoms with van der Waals surface area (Å²) in [6.07, 6.45) is 0. The van der Waals surface area contributed by atoms with Gasteiger partial charge in [-0.25, -0.2) is 0 Å². The van der Waals surface area contributed by atoms with Gasteiger partial charge in [0.05, 0.1) is 5.70 Å². The number of hydrogen-bond acceptors (Lipinski definition) is 3. The Labute approximate surface area is 88.1 Å². The maximum Gasteiger partial charge on any atom is 0.101 e. The Kier molecular flexibility index (Phi) is 2.68. The molecular formula is C11H12N2S. The van der Waals surface area contributed by atoms with E-state index in [9.17, 15) is 0 Å². The third-order valence-electron chi connectivity index (χ3n) is 2.09. The van der Waals surface area contributed by atoms with Crippen molar-refractivity contribution in [3.63, 3.8) is 0 Å². The molecule has 0 spiro atoms. The lowest BCUT2D eigenvalue weighted by atomic mass is 10.3. The number of nitrogens with zero attached hydrogens (tertiary/aromatic N) is 2. The quantitative estimate of drug-likeness (QED) is 0.717. The zero-order chi connectivity index (χ0) is 9.97. The lowest BCUT2D eigenvalue weighted by molar-refractivity contribution is 0.883. The average molecular weight is 204 g/mol. The van der Waals surface area contributed by atoms with E-state index in [0.29, 0.717) is 0 Å². The molecule has 1 heterocycles. The number of rotatable bonds is 2. The highest BCUT2D eigenvalue weighted by atomic mass is 32.2. The van der Waals surface area contributed by atoms with E-state index in [1.807, 2.05) is 25.1 Å². The Balaban J connectivity index is 2.17. The van der Waals surface area contributed by atoms with Gasteiger partial charge in [0, 0.05) is 9.80 Å². The molecule has 1 atom stereocenters. The molecule has 0 saturated carbocycles. The van der Waals surface area contributed by atoms with Gasteiger partial charge in [-0.1, -0.05) is 30.0 Å². The van der Waals surface area contributed by atoms with Gasteiger partial charge in [-0.3, -0.25) is 0 Å². The van der Waals surface area contributed by atoms with Crippen molar-refractivity contribution < 1.29 is 0 Å². The lowest BCUT2D eigenvalue weighted by Crippen LogP contribution is -1.95. The number of hydrogen-bond donors (Lipinski definition) is 0. The first-order valence-electron chi connectivity index (χ1n) is 4.62. The van der Waals surface area contributed by atoms with Gasteiger partial charge >= 0.3 is 0 Å². The molecular weight excluding hydrogens is 192 g/mol. The smallest absolute Gasteiger partial charge is 0.101 e. The molecule has 2 nitrogen and oxygen atoms in total. The molecule has 0 unspecified atom stereocenters. The number of allylic oxidation sites excluding steroid dienone is 1. The minimum atomic E-state index is 0.222. The molecule has 0 amide bonds.